The second-order valence-corrected chi connectivity index (χ2v) is 6.37. The minimum atomic E-state index is 0.0542. The molecule has 2 rings (SSSR count). The lowest BCUT2D eigenvalue weighted by Crippen LogP contribution is -2.41. The first-order valence-corrected chi connectivity index (χ1v) is 8.64. The van der Waals surface area contributed by atoms with Crippen molar-refractivity contribution in [3.63, 3.8) is 0 Å². The van der Waals surface area contributed by atoms with Gasteiger partial charge in [0, 0.05) is 18.2 Å². The Kier molecular flexibility index (Phi) is 6.12. The van der Waals surface area contributed by atoms with Crippen molar-refractivity contribution in [2.75, 3.05) is 20.8 Å². The van der Waals surface area contributed by atoms with Gasteiger partial charge in [-0.1, -0.05) is 19.3 Å². The van der Waals surface area contributed by atoms with Gasteiger partial charge in [-0.2, -0.15) is 0 Å². The number of nitrogens with zero attached hydrogens (tertiary/aromatic N) is 1. The Bertz CT molecular complexity index is 502. The van der Waals surface area contributed by atoms with Gasteiger partial charge in [-0.25, -0.2) is 0 Å². The highest BCUT2D eigenvalue weighted by atomic mass is 79.9. The van der Waals surface area contributed by atoms with Crippen molar-refractivity contribution in [1.82, 2.24) is 4.90 Å². The van der Waals surface area contributed by atoms with Crippen molar-refractivity contribution < 1.29 is 14.3 Å². The standard InChI is InChI=1S/C17H24BrNO3/c1-4-19(13-8-6-5-7-9-13)17(20)12-10-14(21-2)16(18)15(11-12)22-3/h10-11,13H,4-9H2,1-3H3. The summed E-state index contributed by atoms with van der Waals surface area (Å²) in [5.74, 6) is 1.28. The normalized spacial score (nSPS) is 15.5. The van der Waals surface area contributed by atoms with E-state index in [2.05, 4.69) is 15.9 Å². The zero-order valence-corrected chi connectivity index (χ0v) is 15.1. The van der Waals surface area contributed by atoms with Crippen molar-refractivity contribution in [1.29, 1.82) is 0 Å². The molecule has 1 saturated carbocycles. The molecule has 0 heterocycles. The van der Waals surface area contributed by atoms with E-state index in [4.69, 9.17) is 9.47 Å². The second kappa shape index (κ2) is 7.86. The molecule has 0 N–H and O–H groups in total. The van der Waals surface area contributed by atoms with Crippen LogP contribution in [0.3, 0.4) is 0 Å². The molecule has 1 aromatic rings. The summed E-state index contributed by atoms with van der Waals surface area (Å²) in [6.45, 7) is 2.77. The topological polar surface area (TPSA) is 38.8 Å². The number of halogens is 1. The molecule has 1 aliphatic rings. The molecule has 122 valence electrons. The van der Waals surface area contributed by atoms with E-state index in [1.165, 1.54) is 19.3 Å². The molecule has 1 fully saturated rings. The van der Waals surface area contributed by atoms with E-state index < -0.39 is 0 Å². The molecule has 1 aromatic carbocycles. The number of carbonyl (C=O) groups excluding carboxylic acids is 1. The number of ether oxygens (including phenoxy) is 2. The van der Waals surface area contributed by atoms with Crippen LogP contribution >= 0.6 is 15.9 Å². The van der Waals surface area contributed by atoms with E-state index in [0.29, 0.717) is 23.1 Å². The van der Waals surface area contributed by atoms with Crippen LogP contribution < -0.4 is 9.47 Å². The maximum Gasteiger partial charge on any atom is 0.254 e. The van der Waals surface area contributed by atoms with Gasteiger partial charge in [-0.05, 0) is 47.8 Å². The maximum absolute atomic E-state index is 12.9. The molecular weight excluding hydrogens is 346 g/mol. The summed E-state index contributed by atoms with van der Waals surface area (Å²) >= 11 is 3.44. The Morgan fingerprint density at radius 3 is 2.18 bits per heavy atom. The lowest BCUT2D eigenvalue weighted by molar-refractivity contribution is 0.0647. The Balaban J connectivity index is 2.30. The van der Waals surface area contributed by atoms with Crippen molar-refractivity contribution >= 4 is 21.8 Å². The Morgan fingerprint density at radius 2 is 1.73 bits per heavy atom. The van der Waals surface area contributed by atoms with Crippen molar-refractivity contribution in [2.45, 2.75) is 45.1 Å². The third-order valence-electron chi connectivity index (χ3n) is 4.31. The minimum absolute atomic E-state index is 0.0542. The van der Waals surface area contributed by atoms with Gasteiger partial charge >= 0.3 is 0 Å². The molecule has 0 aliphatic heterocycles. The number of hydrogen-bond acceptors (Lipinski definition) is 3. The highest BCUT2D eigenvalue weighted by Gasteiger charge is 2.26. The first-order valence-electron chi connectivity index (χ1n) is 7.84. The maximum atomic E-state index is 12.9. The summed E-state index contributed by atoms with van der Waals surface area (Å²) in [7, 11) is 3.18. The number of rotatable bonds is 5. The lowest BCUT2D eigenvalue weighted by Gasteiger charge is -2.33. The predicted molar refractivity (Wildman–Crippen MR) is 90.8 cm³/mol. The molecule has 1 aliphatic carbocycles. The minimum Gasteiger partial charge on any atom is -0.495 e. The van der Waals surface area contributed by atoms with Crippen LogP contribution in [0.1, 0.15) is 49.4 Å². The number of carbonyl (C=O) groups is 1. The third-order valence-corrected chi connectivity index (χ3v) is 5.09. The monoisotopic (exact) mass is 369 g/mol. The summed E-state index contributed by atoms with van der Waals surface area (Å²) in [5, 5.41) is 0. The van der Waals surface area contributed by atoms with E-state index in [1.807, 2.05) is 11.8 Å². The summed E-state index contributed by atoms with van der Waals surface area (Å²) < 4.78 is 11.4. The van der Waals surface area contributed by atoms with E-state index >= 15 is 0 Å². The predicted octanol–water partition coefficient (Wildman–Crippen LogP) is 4.26. The van der Waals surface area contributed by atoms with Gasteiger partial charge in [0.1, 0.15) is 16.0 Å². The quantitative estimate of drug-likeness (QED) is 0.777. The average molecular weight is 370 g/mol. The molecule has 0 atom stereocenters. The van der Waals surface area contributed by atoms with Gasteiger partial charge in [0.25, 0.3) is 5.91 Å². The van der Waals surface area contributed by atoms with Crippen molar-refractivity contribution in [3.05, 3.63) is 22.2 Å². The van der Waals surface area contributed by atoms with E-state index in [-0.39, 0.29) is 5.91 Å². The van der Waals surface area contributed by atoms with Crippen LogP contribution in [-0.4, -0.2) is 37.6 Å². The molecule has 1 amide bonds. The van der Waals surface area contributed by atoms with Crippen LogP contribution in [0.15, 0.2) is 16.6 Å². The Labute approximate surface area is 140 Å². The molecule has 22 heavy (non-hydrogen) atoms. The fraction of sp³-hybridized carbons (Fsp3) is 0.588. The number of hydrogen-bond donors (Lipinski definition) is 0. The summed E-state index contributed by atoms with van der Waals surface area (Å²) in [5.41, 5.74) is 0.615. The van der Waals surface area contributed by atoms with E-state index in [1.54, 1.807) is 26.4 Å². The highest BCUT2D eigenvalue weighted by Crippen LogP contribution is 2.36. The molecule has 0 bridgehead atoms. The highest BCUT2D eigenvalue weighted by molar-refractivity contribution is 9.10. The number of benzene rings is 1. The molecule has 0 unspecified atom stereocenters. The molecule has 0 spiro atoms. The first kappa shape index (κ1) is 17.1. The molecule has 0 radical (unpaired) electrons. The molecule has 4 nitrogen and oxygen atoms in total. The lowest BCUT2D eigenvalue weighted by atomic mass is 9.93. The fourth-order valence-electron chi connectivity index (χ4n) is 3.12. The van der Waals surface area contributed by atoms with Gasteiger partial charge in [0.15, 0.2) is 0 Å². The fourth-order valence-corrected chi connectivity index (χ4v) is 3.67. The summed E-state index contributed by atoms with van der Waals surface area (Å²) in [4.78, 5) is 14.9. The van der Waals surface area contributed by atoms with Crippen molar-refractivity contribution in [2.24, 2.45) is 0 Å². The van der Waals surface area contributed by atoms with Gasteiger partial charge in [0.05, 0.1) is 14.2 Å². The van der Waals surface area contributed by atoms with E-state index in [9.17, 15) is 4.79 Å². The summed E-state index contributed by atoms with van der Waals surface area (Å²) in [6, 6.07) is 3.91. The molecular formula is C17H24BrNO3. The Morgan fingerprint density at radius 1 is 1.18 bits per heavy atom. The smallest absolute Gasteiger partial charge is 0.254 e. The zero-order valence-electron chi connectivity index (χ0n) is 13.5. The van der Waals surface area contributed by atoms with Crippen LogP contribution in [0.4, 0.5) is 0 Å². The summed E-state index contributed by atoms with van der Waals surface area (Å²) in [6.07, 6.45) is 5.90. The number of amides is 1. The molecule has 0 saturated heterocycles. The molecule has 5 heteroatoms. The van der Waals surface area contributed by atoms with Gasteiger partial charge in [-0.15, -0.1) is 0 Å². The van der Waals surface area contributed by atoms with Gasteiger partial charge in [0.2, 0.25) is 0 Å². The van der Waals surface area contributed by atoms with E-state index in [0.717, 1.165) is 23.9 Å². The second-order valence-electron chi connectivity index (χ2n) is 5.58. The number of methoxy groups -OCH3 is 2. The van der Waals surface area contributed by atoms with Crippen LogP contribution in [0.25, 0.3) is 0 Å². The van der Waals surface area contributed by atoms with Crippen LogP contribution in [-0.2, 0) is 0 Å². The van der Waals surface area contributed by atoms with Crippen LogP contribution in [0.2, 0.25) is 0 Å². The third kappa shape index (κ3) is 3.57. The first-order chi connectivity index (χ1) is 10.6. The van der Waals surface area contributed by atoms with Crippen LogP contribution in [0.5, 0.6) is 11.5 Å². The molecule has 0 aromatic heterocycles. The average Bonchev–Trinajstić information content (AvgIpc) is 2.56. The van der Waals surface area contributed by atoms with Gasteiger partial charge < -0.3 is 14.4 Å². The Hall–Kier alpha value is -1.23. The van der Waals surface area contributed by atoms with Crippen molar-refractivity contribution in [3.8, 4) is 11.5 Å². The van der Waals surface area contributed by atoms with Gasteiger partial charge in [-0.3, -0.25) is 4.79 Å². The largest absolute Gasteiger partial charge is 0.495 e. The SMILES string of the molecule is CCN(C(=O)c1cc(OC)c(Br)c(OC)c1)C1CCCCC1. The zero-order chi connectivity index (χ0) is 16.1. The van der Waals surface area contributed by atoms with Crippen LogP contribution in [0, 0.1) is 0 Å².